The number of β-lactam (4-membered cyclic amide) rings is 1. The first-order valence-electron chi connectivity index (χ1n) is 16.9. The van der Waals surface area contributed by atoms with Crippen molar-refractivity contribution in [1.29, 1.82) is 0 Å². The summed E-state index contributed by atoms with van der Waals surface area (Å²) in [4.78, 5) is 87.4. The number of piperidine rings is 3. The van der Waals surface area contributed by atoms with Gasteiger partial charge in [-0.2, -0.15) is 0 Å². The van der Waals surface area contributed by atoms with E-state index in [9.17, 15) is 49.2 Å². The first kappa shape index (κ1) is 37.1. The number of thiazole rings is 1. The number of aromatic hydroxyl groups is 2. The van der Waals surface area contributed by atoms with Crippen LogP contribution in [0.1, 0.15) is 59.5 Å². The Bertz CT molecular complexity index is 2020. The molecule has 0 unspecified atom stereocenters. The molecule has 54 heavy (non-hydrogen) atoms. The second-order valence-corrected chi connectivity index (χ2v) is 16.6. The monoisotopic (exact) mass is 785 g/mol. The number of hydrogen-bond donors (Lipinski definition) is 7. The number of aliphatic carboxylic acids is 2. The van der Waals surface area contributed by atoms with Crippen LogP contribution >= 0.6 is 23.1 Å². The van der Waals surface area contributed by atoms with E-state index in [1.165, 1.54) is 35.9 Å². The maximum absolute atomic E-state index is 13.5. The average molecular weight is 786 g/mol. The van der Waals surface area contributed by atoms with Crippen LogP contribution in [0.2, 0.25) is 0 Å². The highest BCUT2D eigenvalue weighted by Crippen LogP contribution is 2.47. The fourth-order valence-corrected chi connectivity index (χ4v) is 9.39. The number of amides is 4. The first-order chi connectivity index (χ1) is 25.4. The number of imide groups is 1. The van der Waals surface area contributed by atoms with E-state index in [1.54, 1.807) is 0 Å². The fourth-order valence-electron chi connectivity index (χ4n) is 7.51. The van der Waals surface area contributed by atoms with Crippen molar-refractivity contribution < 1.29 is 58.5 Å². The minimum Gasteiger partial charge on any atom is -0.504 e. The number of hydrazine groups is 1. The van der Waals surface area contributed by atoms with Gasteiger partial charge in [-0.1, -0.05) is 5.16 Å². The van der Waals surface area contributed by atoms with Crippen LogP contribution in [0.3, 0.4) is 0 Å². The van der Waals surface area contributed by atoms with Crippen molar-refractivity contribution in [3.63, 3.8) is 0 Å². The predicted octanol–water partition coefficient (Wildman–Crippen LogP) is 0.261. The Morgan fingerprint density at radius 2 is 1.69 bits per heavy atom. The smallest absolute Gasteiger partial charge is 0.352 e. The van der Waals surface area contributed by atoms with Crippen molar-refractivity contribution in [3.05, 3.63) is 45.6 Å². The number of quaternary nitrogens is 1. The quantitative estimate of drug-likeness (QED) is 0.0380. The highest BCUT2D eigenvalue weighted by Gasteiger charge is 2.56. The Morgan fingerprint density at radius 3 is 2.22 bits per heavy atom. The molecule has 7 heterocycles. The first-order valence-corrected chi connectivity index (χ1v) is 18.8. The lowest BCUT2D eigenvalue weighted by molar-refractivity contribution is -0.941. The van der Waals surface area contributed by atoms with Crippen molar-refractivity contribution in [1.82, 2.24) is 25.6 Å². The number of phenols is 2. The third-order valence-corrected chi connectivity index (χ3v) is 12.9. The van der Waals surface area contributed by atoms with Crippen molar-refractivity contribution >= 4 is 69.5 Å². The Hall–Kier alpha value is -5.25. The summed E-state index contributed by atoms with van der Waals surface area (Å²) in [5, 5.41) is 47.5. The van der Waals surface area contributed by atoms with Crippen molar-refractivity contribution in [2.75, 3.05) is 44.2 Å². The van der Waals surface area contributed by atoms with Crippen molar-refractivity contribution in [3.8, 4) is 11.5 Å². The fraction of sp³-hybridized carbons (Fsp3) is 0.455. The topological polar surface area (TPSA) is 274 Å². The lowest BCUT2D eigenvalue weighted by Crippen LogP contribution is -2.71. The zero-order valence-electron chi connectivity index (χ0n) is 29.0. The zero-order chi connectivity index (χ0) is 38.9. The lowest BCUT2D eigenvalue weighted by Gasteiger charge is -2.56. The number of nitrogen functional groups attached to an aromatic ring is 1. The van der Waals surface area contributed by atoms with Crippen molar-refractivity contribution in [2.45, 2.75) is 50.1 Å². The molecule has 6 aliphatic rings. The summed E-state index contributed by atoms with van der Waals surface area (Å²) in [6.45, 7) is 5.38. The van der Waals surface area contributed by atoms with Gasteiger partial charge in [0.25, 0.3) is 23.6 Å². The van der Waals surface area contributed by atoms with Gasteiger partial charge < -0.3 is 40.8 Å². The number of carbonyl (C=O) groups is 6. The number of carboxylic acids is 2. The SMILES string of the molecule is CC(C)(O/N=C(\C(=O)N[C@@H]1C(=O)N2C(C(=O)O)=C(C[N+]34CCC(CNN5C(=O)c6cc(O)c(O)cc6C5=O)(CC3)CC4)CS[C@H]12)c1csc(N)n1)C(=O)O. The van der Waals surface area contributed by atoms with Gasteiger partial charge in [0.15, 0.2) is 22.3 Å². The lowest BCUT2D eigenvalue weighted by atomic mass is 9.70. The average Bonchev–Trinajstić information content (AvgIpc) is 3.65. The largest absolute Gasteiger partial charge is 0.504 e. The zero-order valence-corrected chi connectivity index (χ0v) is 30.7. The third-order valence-electron chi connectivity index (χ3n) is 10.9. The molecule has 0 radical (unpaired) electrons. The van der Waals surface area contributed by atoms with Gasteiger partial charge in [-0.25, -0.2) is 25.0 Å². The summed E-state index contributed by atoms with van der Waals surface area (Å²) >= 11 is 2.34. The number of nitrogens with zero attached hydrogens (tertiary/aromatic N) is 5. The van der Waals surface area contributed by atoms with Gasteiger partial charge in [0.05, 0.1) is 30.8 Å². The molecule has 21 heteroatoms. The van der Waals surface area contributed by atoms with Gasteiger partial charge in [0.2, 0.25) is 5.60 Å². The van der Waals surface area contributed by atoms with Crippen LogP contribution in [0.4, 0.5) is 5.13 Å². The number of hydrogen-bond acceptors (Lipinski definition) is 15. The minimum absolute atomic E-state index is 0.000642. The summed E-state index contributed by atoms with van der Waals surface area (Å²) in [7, 11) is 0. The number of phenolic OH excluding ortho intramolecular Hbond substituents is 2. The van der Waals surface area contributed by atoms with E-state index >= 15 is 0 Å². The number of aromatic nitrogens is 1. The van der Waals surface area contributed by atoms with E-state index in [1.807, 2.05) is 0 Å². The summed E-state index contributed by atoms with van der Waals surface area (Å²) in [5.74, 6) is -6.02. The summed E-state index contributed by atoms with van der Waals surface area (Å²) in [6.07, 6.45) is 2.23. The highest BCUT2D eigenvalue weighted by molar-refractivity contribution is 8.00. The number of rotatable bonds is 12. The second kappa shape index (κ2) is 13.2. The number of benzene rings is 1. The Morgan fingerprint density at radius 1 is 1.07 bits per heavy atom. The van der Waals surface area contributed by atoms with E-state index in [2.05, 4.69) is 20.9 Å². The maximum atomic E-state index is 13.5. The molecule has 4 saturated heterocycles. The van der Waals surface area contributed by atoms with Gasteiger partial charge in [-0.3, -0.25) is 24.1 Å². The van der Waals surface area contributed by atoms with Gasteiger partial charge in [0, 0.05) is 47.9 Å². The number of fused-ring (bicyclic) bond motifs is 5. The van der Waals surface area contributed by atoms with E-state index in [-0.39, 0.29) is 33.1 Å². The molecule has 1 aromatic carbocycles. The summed E-state index contributed by atoms with van der Waals surface area (Å²) < 4.78 is 0.621. The molecule has 2 bridgehead atoms. The van der Waals surface area contributed by atoms with Crippen molar-refractivity contribution in [2.24, 2.45) is 10.6 Å². The molecule has 0 spiro atoms. The van der Waals surface area contributed by atoms with E-state index < -0.39 is 69.8 Å². The molecule has 0 saturated carbocycles. The van der Waals surface area contributed by atoms with Gasteiger partial charge in [-0.15, -0.1) is 23.1 Å². The Kier molecular flexibility index (Phi) is 9.10. The number of thioether (sulfide) groups is 1. The number of anilines is 1. The van der Waals surface area contributed by atoms with Gasteiger partial charge in [0.1, 0.15) is 29.4 Å². The van der Waals surface area contributed by atoms with Crippen LogP contribution in [0.15, 0.2) is 33.9 Å². The molecule has 1 aromatic heterocycles. The molecule has 6 aliphatic heterocycles. The highest BCUT2D eigenvalue weighted by atomic mass is 32.2. The normalized spacial score (nSPS) is 26.4. The van der Waals surface area contributed by atoms with Crippen LogP contribution in [0.25, 0.3) is 0 Å². The summed E-state index contributed by atoms with van der Waals surface area (Å²) in [5.41, 5.74) is 6.83. The maximum Gasteiger partial charge on any atom is 0.352 e. The molecule has 286 valence electrons. The summed E-state index contributed by atoms with van der Waals surface area (Å²) in [6, 6.07) is 1.04. The van der Waals surface area contributed by atoms with Crippen LogP contribution in [-0.4, -0.2) is 137 Å². The molecular weight excluding hydrogens is 749 g/mol. The number of oxime groups is 1. The second-order valence-electron chi connectivity index (χ2n) is 14.6. The number of nitrogens with one attached hydrogen (secondary N) is 2. The number of nitrogens with two attached hydrogens (primary N) is 1. The molecule has 8 rings (SSSR count). The van der Waals surface area contributed by atoms with E-state index in [0.29, 0.717) is 48.5 Å². The molecule has 2 aromatic rings. The molecule has 19 nitrogen and oxygen atoms in total. The van der Waals surface area contributed by atoms with Crippen LogP contribution in [0.5, 0.6) is 11.5 Å². The molecule has 4 fully saturated rings. The van der Waals surface area contributed by atoms with E-state index in [4.69, 9.17) is 10.6 Å². The van der Waals surface area contributed by atoms with Crippen LogP contribution in [-0.2, 0) is 24.0 Å². The van der Waals surface area contributed by atoms with Crippen LogP contribution < -0.4 is 16.5 Å². The third kappa shape index (κ3) is 6.29. The molecule has 2 atom stereocenters. The molecule has 0 aliphatic carbocycles. The number of carbonyl (C=O) groups excluding carboxylic acids is 4. The molecule has 8 N–H and O–H groups in total. The standard InChI is InChI=1S/C33H36N8O11S2/c1-32(2,30(50)51)52-38-21(18-13-54-31(34)36-18)24(44)37-22-27(47)39-23(29(48)49)15(12-53-28(22)39)11-41-6-3-33(4-7-41,5-8-41)14-35-40-25(45)16-9-19(42)20(43)10-17(16)26(40)46/h9-10,13,22,28,35H,3-8,11-12,14H2,1-2H3,(H6-,34,36,37,38,42,43,44,45,46,48,49,50,51)/p+1/t22-,28-,33?,41?/m1/s1. The Balaban J connectivity index is 1.00. The van der Waals surface area contributed by atoms with Crippen LogP contribution in [0, 0.1) is 5.41 Å². The minimum atomic E-state index is -1.79. The predicted molar refractivity (Wildman–Crippen MR) is 190 cm³/mol. The van der Waals surface area contributed by atoms with Gasteiger partial charge >= 0.3 is 11.9 Å². The van der Waals surface area contributed by atoms with Gasteiger partial charge in [-0.05, 0) is 26.0 Å². The van der Waals surface area contributed by atoms with E-state index in [0.717, 1.165) is 47.7 Å². The molecular formula is C33H37N8O11S2+. The molecule has 4 amide bonds. The Labute approximate surface area is 315 Å². The number of carboxylic acid groups (broad SMARTS) is 2.